The van der Waals surface area contributed by atoms with Crippen LogP contribution in [0.25, 0.3) is 0 Å². The van der Waals surface area contributed by atoms with Gasteiger partial charge in [0.25, 0.3) is 5.56 Å². The first-order chi connectivity index (χ1) is 10.1. The van der Waals surface area contributed by atoms with Gasteiger partial charge in [0.1, 0.15) is 5.02 Å². The van der Waals surface area contributed by atoms with E-state index in [1.807, 2.05) is 0 Å². The molecule has 112 valence electrons. The number of hydrogen-bond acceptors (Lipinski definition) is 6. The van der Waals surface area contributed by atoms with Crippen LogP contribution in [-0.2, 0) is 6.42 Å². The minimum absolute atomic E-state index is 0.195. The summed E-state index contributed by atoms with van der Waals surface area (Å²) in [5.41, 5.74) is 0.333. The van der Waals surface area contributed by atoms with Gasteiger partial charge in [-0.25, -0.2) is 5.10 Å². The molecule has 2 aromatic rings. The molecule has 0 bridgehead atoms. The van der Waals surface area contributed by atoms with Crippen molar-refractivity contribution < 1.29 is 4.52 Å². The van der Waals surface area contributed by atoms with Crippen LogP contribution in [0.4, 0.5) is 5.69 Å². The molecular weight excluding hydrogens is 294 g/mol. The molecule has 3 heterocycles. The van der Waals surface area contributed by atoms with E-state index in [-0.39, 0.29) is 10.6 Å². The van der Waals surface area contributed by atoms with Gasteiger partial charge in [-0.1, -0.05) is 16.8 Å². The molecule has 8 heteroatoms. The number of nitrogens with zero attached hydrogens (tertiary/aromatic N) is 4. The van der Waals surface area contributed by atoms with Crippen molar-refractivity contribution in [1.82, 2.24) is 20.3 Å². The van der Waals surface area contributed by atoms with Crippen LogP contribution in [0.1, 0.15) is 24.6 Å². The highest BCUT2D eigenvalue weighted by Crippen LogP contribution is 2.27. The van der Waals surface area contributed by atoms with E-state index < -0.39 is 0 Å². The van der Waals surface area contributed by atoms with Crippen LogP contribution in [0.2, 0.25) is 5.02 Å². The van der Waals surface area contributed by atoms with E-state index >= 15 is 0 Å². The van der Waals surface area contributed by atoms with E-state index in [0.717, 1.165) is 38.2 Å². The van der Waals surface area contributed by atoms with Gasteiger partial charge in [0.05, 0.1) is 11.9 Å². The molecule has 1 saturated heterocycles. The zero-order valence-electron chi connectivity index (χ0n) is 11.7. The Labute approximate surface area is 126 Å². The second kappa shape index (κ2) is 5.85. The molecule has 1 aliphatic rings. The summed E-state index contributed by atoms with van der Waals surface area (Å²) in [5.74, 6) is 1.72. The number of halogens is 1. The van der Waals surface area contributed by atoms with Gasteiger partial charge in [0, 0.05) is 26.4 Å². The number of nitrogens with one attached hydrogen (secondary N) is 1. The van der Waals surface area contributed by atoms with Crippen molar-refractivity contribution in [1.29, 1.82) is 0 Å². The Balaban J connectivity index is 1.73. The summed E-state index contributed by atoms with van der Waals surface area (Å²) in [5, 5.41) is 10.3. The fourth-order valence-electron chi connectivity index (χ4n) is 2.73. The monoisotopic (exact) mass is 309 g/mol. The summed E-state index contributed by atoms with van der Waals surface area (Å²) in [6.45, 7) is 3.45. The Morgan fingerprint density at radius 3 is 3.19 bits per heavy atom. The van der Waals surface area contributed by atoms with Crippen molar-refractivity contribution in [2.24, 2.45) is 5.92 Å². The van der Waals surface area contributed by atoms with Gasteiger partial charge < -0.3 is 9.42 Å². The first-order valence-electron chi connectivity index (χ1n) is 6.91. The zero-order valence-corrected chi connectivity index (χ0v) is 12.4. The lowest BCUT2D eigenvalue weighted by atomic mass is 9.94. The van der Waals surface area contributed by atoms with E-state index in [2.05, 4.69) is 25.2 Å². The Morgan fingerprint density at radius 2 is 2.43 bits per heavy atom. The number of aryl methyl sites for hydroxylation is 1. The van der Waals surface area contributed by atoms with Crippen molar-refractivity contribution in [3.63, 3.8) is 0 Å². The number of aromatic nitrogens is 4. The highest BCUT2D eigenvalue weighted by Gasteiger charge is 2.24. The lowest BCUT2D eigenvalue weighted by Gasteiger charge is -2.33. The maximum Gasteiger partial charge on any atom is 0.285 e. The van der Waals surface area contributed by atoms with Gasteiger partial charge in [0.15, 0.2) is 5.82 Å². The maximum atomic E-state index is 11.5. The van der Waals surface area contributed by atoms with Crippen molar-refractivity contribution >= 4 is 17.3 Å². The predicted molar refractivity (Wildman–Crippen MR) is 77.5 cm³/mol. The Hall–Kier alpha value is -1.89. The molecule has 7 nitrogen and oxygen atoms in total. The highest BCUT2D eigenvalue weighted by atomic mass is 35.5. The molecule has 1 aliphatic heterocycles. The lowest BCUT2D eigenvalue weighted by Crippen LogP contribution is -2.37. The van der Waals surface area contributed by atoms with Gasteiger partial charge in [-0.15, -0.1) is 0 Å². The molecule has 3 rings (SSSR count). The van der Waals surface area contributed by atoms with Gasteiger partial charge in [-0.3, -0.25) is 4.79 Å². The molecule has 1 fully saturated rings. The number of aromatic amines is 1. The first-order valence-corrected chi connectivity index (χ1v) is 7.28. The third kappa shape index (κ3) is 3.07. The largest absolute Gasteiger partial charge is 0.369 e. The third-order valence-corrected chi connectivity index (χ3v) is 4.04. The van der Waals surface area contributed by atoms with Crippen molar-refractivity contribution in [2.45, 2.75) is 26.2 Å². The molecular formula is C13H16ClN5O2. The molecule has 1 atom stereocenters. The van der Waals surface area contributed by atoms with E-state index in [4.69, 9.17) is 16.1 Å². The fourth-order valence-corrected chi connectivity index (χ4v) is 2.94. The molecule has 0 amide bonds. The van der Waals surface area contributed by atoms with Crippen molar-refractivity contribution in [3.8, 4) is 0 Å². The summed E-state index contributed by atoms with van der Waals surface area (Å²) in [6, 6.07) is 0. The van der Waals surface area contributed by atoms with E-state index in [9.17, 15) is 4.79 Å². The van der Waals surface area contributed by atoms with Crippen LogP contribution in [0, 0.1) is 12.8 Å². The normalized spacial score (nSPS) is 19.0. The van der Waals surface area contributed by atoms with Gasteiger partial charge in [-0.2, -0.15) is 10.1 Å². The average molecular weight is 310 g/mol. The molecule has 0 aromatic carbocycles. The molecule has 21 heavy (non-hydrogen) atoms. The highest BCUT2D eigenvalue weighted by molar-refractivity contribution is 6.32. The van der Waals surface area contributed by atoms with Crippen LogP contribution in [0.5, 0.6) is 0 Å². The summed E-state index contributed by atoms with van der Waals surface area (Å²) >= 11 is 6.07. The molecule has 0 spiro atoms. The third-order valence-electron chi connectivity index (χ3n) is 3.68. The second-order valence-electron chi connectivity index (χ2n) is 5.29. The second-order valence-corrected chi connectivity index (χ2v) is 5.66. The van der Waals surface area contributed by atoms with Gasteiger partial charge >= 0.3 is 0 Å². The first kappa shape index (κ1) is 14.1. The quantitative estimate of drug-likeness (QED) is 0.926. The minimum Gasteiger partial charge on any atom is -0.369 e. The van der Waals surface area contributed by atoms with Crippen LogP contribution in [-0.4, -0.2) is 33.4 Å². The minimum atomic E-state index is -0.356. The van der Waals surface area contributed by atoms with Crippen LogP contribution in [0.15, 0.2) is 15.5 Å². The van der Waals surface area contributed by atoms with E-state index in [1.54, 1.807) is 13.1 Å². The molecule has 2 aromatic heterocycles. The summed E-state index contributed by atoms with van der Waals surface area (Å²) in [7, 11) is 0. The molecule has 0 unspecified atom stereocenters. The van der Waals surface area contributed by atoms with Crippen molar-refractivity contribution in [2.75, 3.05) is 18.0 Å². The maximum absolute atomic E-state index is 11.5. The smallest absolute Gasteiger partial charge is 0.285 e. The SMILES string of the molecule is Cc1nc(C[C@H]2CCCN(c3cn[nH]c(=O)c3Cl)C2)no1. The van der Waals surface area contributed by atoms with Crippen LogP contribution >= 0.6 is 11.6 Å². The van der Waals surface area contributed by atoms with E-state index in [0.29, 0.717) is 17.5 Å². The summed E-state index contributed by atoms with van der Waals surface area (Å²) in [4.78, 5) is 17.9. The summed E-state index contributed by atoms with van der Waals surface area (Å²) in [6.07, 6.45) is 4.50. The molecule has 0 radical (unpaired) electrons. The number of hydrogen-bond donors (Lipinski definition) is 1. The summed E-state index contributed by atoms with van der Waals surface area (Å²) < 4.78 is 5.00. The molecule has 1 N–H and O–H groups in total. The van der Waals surface area contributed by atoms with Crippen LogP contribution < -0.4 is 10.5 Å². The Bertz CT molecular complexity index is 683. The number of rotatable bonds is 3. The van der Waals surface area contributed by atoms with Crippen LogP contribution in [0.3, 0.4) is 0 Å². The fraction of sp³-hybridized carbons (Fsp3) is 0.538. The van der Waals surface area contributed by atoms with Gasteiger partial charge in [0.2, 0.25) is 5.89 Å². The average Bonchev–Trinajstić information content (AvgIpc) is 2.87. The standard InChI is InChI=1S/C13H16ClN5O2/c1-8-16-11(18-21-8)5-9-3-2-4-19(7-9)10-6-15-17-13(20)12(10)14/h6,9H,2-5,7H2,1H3,(H,17,20)/t9-/m1/s1. The molecule has 0 aliphatic carbocycles. The Morgan fingerprint density at radius 1 is 1.57 bits per heavy atom. The zero-order chi connectivity index (χ0) is 14.8. The molecule has 0 saturated carbocycles. The topological polar surface area (TPSA) is 87.9 Å². The number of piperidine rings is 1. The predicted octanol–water partition coefficient (Wildman–Crippen LogP) is 1.57. The van der Waals surface area contributed by atoms with Gasteiger partial charge in [-0.05, 0) is 18.8 Å². The number of anilines is 1. The number of H-pyrrole nitrogens is 1. The van der Waals surface area contributed by atoms with E-state index in [1.165, 1.54) is 0 Å². The van der Waals surface area contributed by atoms with Crippen molar-refractivity contribution in [3.05, 3.63) is 33.3 Å². The lowest BCUT2D eigenvalue weighted by molar-refractivity contribution is 0.370. The Kier molecular flexibility index (Phi) is 3.92.